The summed E-state index contributed by atoms with van der Waals surface area (Å²) in [5.41, 5.74) is 1.93. The molecule has 3 aliphatic rings. The third-order valence-electron chi connectivity index (χ3n) is 6.34. The van der Waals surface area contributed by atoms with Gasteiger partial charge in [0.1, 0.15) is 0 Å². The molecule has 2 aliphatic heterocycles. The maximum atomic E-state index is 12.9. The number of nitrogens with zero attached hydrogens (tertiary/aromatic N) is 1. The lowest BCUT2D eigenvalue weighted by Gasteiger charge is -2.33. The summed E-state index contributed by atoms with van der Waals surface area (Å²) in [5, 5.41) is 9.17. The van der Waals surface area contributed by atoms with Crippen LogP contribution in [0.15, 0.2) is 36.1 Å². The predicted octanol–water partition coefficient (Wildman–Crippen LogP) is 3.75. The standard InChI is InChI=1S/C23H31NO4/c25-15-17-7-9-18(10-8-17)16-27-22-14-20(19-5-1-2-6-19)13-21(28-22)23(26)24-11-3-4-12-24/h7-10,13,19-20,22,25H,1-6,11-12,14-16H2/t20-,22+/m0/s1. The summed E-state index contributed by atoms with van der Waals surface area (Å²) in [6.07, 6.45) is 9.73. The number of benzene rings is 1. The van der Waals surface area contributed by atoms with E-state index in [4.69, 9.17) is 9.47 Å². The highest BCUT2D eigenvalue weighted by molar-refractivity contribution is 5.91. The highest BCUT2D eigenvalue weighted by Crippen LogP contribution is 2.38. The molecule has 1 saturated heterocycles. The first-order chi connectivity index (χ1) is 13.7. The van der Waals surface area contributed by atoms with E-state index in [0.717, 1.165) is 43.5 Å². The summed E-state index contributed by atoms with van der Waals surface area (Å²) in [4.78, 5) is 14.8. The van der Waals surface area contributed by atoms with E-state index in [0.29, 0.717) is 24.2 Å². The Morgan fingerprint density at radius 3 is 2.43 bits per heavy atom. The van der Waals surface area contributed by atoms with Crippen molar-refractivity contribution in [3.63, 3.8) is 0 Å². The van der Waals surface area contributed by atoms with Gasteiger partial charge in [-0.3, -0.25) is 4.79 Å². The van der Waals surface area contributed by atoms with Gasteiger partial charge in [0, 0.05) is 19.5 Å². The number of allylic oxidation sites excluding steroid dienone is 1. The quantitative estimate of drug-likeness (QED) is 0.810. The van der Waals surface area contributed by atoms with Gasteiger partial charge in [0.05, 0.1) is 13.2 Å². The number of ether oxygens (including phenoxy) is 2. The molecule has 152 valence electrons. The van der Waals surface area contributed by atoms with Gasteiger partial charge in [0.15, 0.2) is 5.76 Å². The minimum atomic E-state index is -0.380. The molecule has 1 aromatic rings. The normalized spacial score (nSPS) is 25.6. The number of hydrogen-bond acceptors (Lipinski definition) is 4. The number of likely N-dealkylation sites (tertiary alicyclic amines) is 1. The van der Waals surface area contributed by atoms with Crippen molar-refractivity contribution in [2.75, 3.05) is 13.1 Å². The predicted molar refractivity (Wildman–Crippen MR) is 106 cm³/mol. The lowest BCUT2D eigenvalue weighted by atomic mass is 9.86. The van der Waals surface area contributed by atoms with Crippen LogP contribution in [0.2, 0.25) is 0 Å². The Balaban J connectivity index is 1.43. The Hall–Kier alpha value is -1.85. The number of hydrogen-bond donors (Lipinski definition) is 1. The highest BCUT2D eigenvalue weighted by atomic mass is 16.7. The van der Waals surface area contributed by atoms with Crippen LogP contribution in [0.25, 0.3) is 0 Å². The summed E-state index contributed by atoms with van der Waals surface area (Å²) in [6.45, 7) is 2.15. The van der Waals surface area contributed by atoms with Crippen LogP contribution in [0, 0.1) is 11.8 Å². The van der Waals surface area contributed by atoms with E-state index < -0.39 is 0 Å². The van der Waals surface area contributed by atoms with Crippen LogP contribution in [0.5, 0.6) is 0 Å². The molecule has 2 fully saturated rings. The number of carbonyl (C=O) groups is 1. The van der Waals surface area contributed by atoms with Crippen LogP contribution in [0.3, 0.4) is 0 Å². The molecular formula is C23H31NO4. The summed E-state index contributed by atoms with van der Waals surface area (Å²) in [7, 11) is 0. The van der Waals surface area contributed by atoms with Crippen LogP contribution >= 0.6 is 0 Å². The van der Waals surface area contributed by atoms with Crippen molar-refractivity contribution in [1.29, 1.82) is 0 Å². The summed E-state index contributed by atoms with van der Waals surface area (Å²) in [5.74, 6) is 1.52. The largest absolute Gasteiger partial charge is 0.459 e. The molecule has 2 heterocycles. The van der Waals surface area contributed by atoms with Crippen molar-refractivity contribution < 1.29 is 19.4 Å². The summed E-state index contributed by atoms with van der Waals surface area (Å²) in [6, 6.07) is 7.75. The minimum absolute atomic E-state index is 0.0288. The van der Waals surface area contributed by atoms with Crippen LogP contribution in [-0.4, -0.2) is 35.3 Å². The fourth-order valence-corrected chi connectivity index (χ4v) is 4.66. The topological polar surface area (TPSA) is 59.0 Å². The number of rotatable bonds is 6. The summed E-state index contributed by atoms with van der Waals surface area (Å²) < 4.78 is 12.1. The zero-order valence-electron chi connectivity index (χ0n) is 16.5. The first kappa shape index (κ1) is 19.5. The second-order valence-electron chi connectivity index (χ2n) is 8.31. The van der Waals surface area contributed by atoms with Gasteiger partial charge in [0.25, 0.3) is 5.91 Å². The first-order valence-electron chi connectivity index (χ1n) is 10.7. The van der Waals surface area contributed by atoms with Gasteiger partial charge in [0.2, 0.25) is 6.29 Å². The molecule has 0 spiro atoms. The van der Waals surface area contributed by atoms with Gasteiger partial charge in [-0.25, -0.2) is 0 Å². The molecule has 1 amide bonds. The molecule has 0 aromatic heterocycles. The molecule has 1 saturated carbocycles. The van der Waals surface area contributed by atoms with Crippen molar-refractivity contribution in [1.82, 2.24) is 4.90 Å². The van der Waals surface area contributed by atoms with Gasteiger partial charge >= 0.3 is 0 Å². The fraction of sp³-hybridized carbons (Fsp3) is 0.609. The molecule has 1 N–H and O–H groups in total. The monoisotopic (exact) mass is 385 g/mol. The van der Waals surface area contributed by atoms with E-state index in [1.807, 2.05) is 29.2 Å². The Labute approximate surface area is 167 Å². The van der Waals surface area contributed by atoms with Crippen LogP contribution in [0.1, 0.15) is 56.1 Å². The zero-order valence-corrected chi connectivity index (χ0v) is 16.5. The van der Waals surface area contributed by atoms with Crippen molar-refractivity contribution in [3.05, 3.63) is 47.2 Å². The SMILES string of the molecule is O=C(C1=C[C@H](C2CCCC2)C[C@H](OCc2ccc(CO)cc2)O1)N1CCCC1. The van der Waals surface area contributed by atoms with Crippen LogP contribution < -0.4 is 0 Å². The second-order valence-corrected chi connectivity index (χ2v) is 8.31. The molecule has 0 bridgehead atoms. The molecule has 2 atom stereocenters. The van der Waals surface area contributed by atoms with E-state index in [1.54, 1.807) is 0 Å². The van der Waals surface area contributed by atoms with E-state index in [-0.39, 0.29) is 18.8 Å². The van der Waals surface area contributed by atoms with Crippen LogP contribution in [-0.2, 0) is 27.5 Å². The molecule has 5 heteroatoms. The Morgan fingerprint density at radius 1 is 1.07 bits per heavy atom. The van der Waals surface area contributed by atoms with Gasteiger partial charge in [-0.2, -0.15) is 0 Å². The van der Waals surface area contributed by atoms with Gasteiger partial charge in [-0.05, 0) is 54.7 Å². The lowest BCUT2D eigenvalue weighted by Crippen LogP contribution is -2.36. The maximum Gasteiger partial charge on any atom is 0.288 e. The molecule has 0 radical (unpaired) electrons. The van der Waals surface area contributed by atoms with Crippen molar-refractivity contribution in [2.24, 2.45) is 11.8 Å². The fourth-order valence-electron chi connectivity index (χ4n) is 4.66. The number of carbonyl (C=O) groups excluding carboxylic acids is 1. The Morgan fingerprint density at radius 2 is 1.75 bits per heavy atom. The Bertz CT molecular complexity index is 687. The second kappa shape index (κ2) is 9.10. The number of aliphatic hydroxyl groups excluding tert-OH is 1. The third-order valence-corrected chi connectivity index (χ3v) is 6.34. The van der Waals surface area contributed by atoms with E-state index in [2.05, 4.69) is 6.08 Å². The van der Waals surface area contributed by atoms with Crippen LogP contribution in [0.4, 0.5) is 0 Å². The molecule has 28 heavy (non-hydrogen) atoms. The average molecular weight is 386 g/mol. The van der Waals surface area contributed by atoms with E-state index >= 15 is 0 Å². The molecule has 1 aromatic carbocycles. The third kappa shape index (κ3) is 4.58. The first-order valence-corrected chi connectivity index (χ1v) is 10.7. The number of aliphatic hydroxyl groups is 1. The smallest absolute Gasteiger partial charge is 0.288 e. The van der Waals surface area contributed by atoms with Gasteiger partial charge < -0.3 is 19.5 Å². The molecule has 0 unspecified atom stereocenters. The van der Waals surface area contributed by atoms with E-state index in [9.17, 15) is 9.90 Å². The molecule has 5 nitrogen and oxygen atoms in total. The van der Waals surface area contributed by atoms with Crippen molar-refractivity contribution >= 4 is 5.91 Å². The van der Waals surface area contributed by atoms with Crippen molar-refractivity contribution in [2.45, 2.75) is 64.4 Å². The highest BCUT2D eigenvalue weighted by Gasteiger charge is 2.35. The average Bonchev–Trinajstić information content (AvgIpc) is 3.46. The number of amides is 1. The van der Waals surface area contributed by atoms with E-state index in [1.165, 1.54) is 25.7 Å². The molecular weight excluding hydrogens is 354 g/mol. The van der Waals surface area contributed by atoms with Gasteiger partial charge in [-0.1, -0.05) is 37.1 Å². The Kier molecular flexibility index (Phi) is 6.33. The minimum Gasteiger partial charge on any atom is -0.459 e. The van der Waals surface area contributed by atoms with Crippen molar-refractivity contribution in [3.8, 4) is 0 Å². The molecule has 1 aliphatic carbocycles. The zero-order chi connectivity index (χ0) is 19.3. The maximum absolute atomic E-state index is 12.9. The van der Waals surface area contributed by atoms with Gasteiger partial charge in [-0.15, -0.1) is 0 Å². The summed E-state index contributed by atoms with van der Waals surface area (Å²) >= 11 is 0. The molecule has 4 rings (SSSR count). The lowest BCUT2D eigenvalue weighted by molar-refractivity contribution is -0.159.